The van der Waals surface area contributed by atoms with E-state index in [0.717, 1.165) is 50.7 Å². The van der Waals surface area contributed by atoms with Crippen molar-refractivity contribution in [2.75, 3.05) is 26.7 Å². The molecule has 1 unspecified atom stereocenters. The Bertz CT molecular complexity index is 539. The first kappa shape index (κ1) is 15.5. The molecule has 22 heavy (non-hydrogen) atoms. The Morgan fingerprint density at radius 3 is 2.68 bits per heavy atom. The van der Waals surface area contributed by atoms with E-state index in [1.165, 1.54) is 12.8 Å². The van der Waals surface area contributed by atoms with Gasteiger partial charge in [-0.25, -0.2) is 0 Å². The molecule has 122 valence electrons. The molecule has 1 aromatic heterocycles. The molecule has 0 aromatic carbocycles. The maximum absolute atomic E-state index is 12.2. The molecule has 1 fully saturated rings. The fourth-order valence-corrected chi connectivity index (χ4v) is 3.58. The summed E-state index contributed by atoms with van der Waals surface area (Å²) in [6.07, 6.45) is 4.49. The molecule has 0 aliphatic carbocycles. The number of fused-ring (bicyclic) bond motifs is 1. The number of carbonyl (C=O) groups excluding carboxylic acids is 1. The average molecular weight is 305 g/mol. The van der Waals surface area contributed by atoms with Crippen molar-refractivity contribution in [1.82, 2.24) is 24.6 Å². The van der Waals surface area contributed by atoms with E-state index in [2.05, 4.69) is 26.7 Å². The lowest BCUT2D eigenvalue weighted by Gasteiger charge is -2.32. The minimum atomic E-state index is 0.0625. The molecule has 3 rings (SSSR count). The minimum Gasteiger partial charge on any atom is -0.340 e. The number of hydrogen-bond donors (Lipinski definition) is 0. The summed E-state index contributed by atoms with van der Waals surface area (Å²) in [7, 11) is 2.18. The molecule has 0 radical (unpaired) electrons. The topological polar surface area (TPSA) is 54.3 Å². The second kappa shape index (κ2) is 6.36. The van der Waals surface area contributed by atoms with Gasteiger partial charge in [0.15, 0.2) is 0 Å². The average Bonchev–Trinajstić information content (AvgIpc) is 2.78. The van der Waals surface area contributed by atoms with Gasteiger partial charge in [-0.05, 0) is 26.4 Å². The monoisotopic (exact) mass is 305 g/mol. The summed E-state index contributed by atoms with van der Waals surface area (Å²) < 4.78 is 2.26. The number of aromatic nitrogens is 3. The van der Waals surface area contributed by atoms with Gasteiger partial charge in [0.1, 0.15) is 11.6 Å². The Labute approximate surface area is 132 Å². The van der Waals surface area contributed by atoms with Gasteiger partial charge >= 0.3 is 0 Å². The van der Waals surface area contributed by atoms with Crippen LogP contribution in [0, 0.1) is 5.92 Å². The van der Waals surface area contributed by atoms with Gasteiger partial charge in [-0.1, -0.05) is 20.3 Å². The van der Waals surface area contributed by atoms with E-state index >= 15 is 0 Å². The van der Waals surface area contributed by atoms with Crippen molar-refractivity contribution in [3.05, 3.63) is 11.6 Å². The van der Waals surface area contributed by atoms with Crippen LogP contribution in [0.1, 0.15) is 50.8 Å². The molecule has 1 amide bonds. The molecule has 0 bridgehead atoms. The highest BCUT2D eigenvalue weighted by Crippen LogP contribution is 2.29. The minimum absolute atomic E-state index is 0.0625. The van der Waals surface area contributed by atoms with Crippen LogP contribution >= 0.6 is 0 Å². The van der Waals surface area contributed by atoms with Gasteiger partial charge in [-0.3, -0.25) is 9.69 Å². The van der Waals surface area contributed by atoms with Gasteiger partial charge in [-0.15, -0.1) is 10.2 Å². The fraction of sp³-hybridized carbons (Fsp3) is 0.812. The van der Waals surface area contributed by atoms with E-state index in [0.29, 0.717) is 6.04 Å². The smallest absolute Gasteiger partial charge is 0.225 e. The van der Waals surface area contributed by atoms with Crippen molar-refractivity contribution in [2.24, 2.45) is 5.92 Å². The maximum Gasteiger partial charge on any atom is 0.225 e. The molecule has 0 saturated carbocycles. The van der Waals surface area contributed by atoms with Crippen LogP contribution in [0.3, 0.4) is 0 Å². The van der Waals surface area contributed by atoms with Crippen LogP contribution in [0.5, 0.6) is 0 Å². The molecule has 2 aliphatic heterocycles. The Kier molecular flexibility index (Phi) is 4.47. The number of hydrogen-bond acceptors (Lipinski definition) is 4. The summed E-state index contributed by atoms with van der Waals surface area (Å²) >= 11 is 0. The number of nitrogens with zero attached hydrogens (tertiary/aromatic N) is 5. The third-order valence-electron chi connectivity index (χ3n) is 4.93. The Morgan fingerprint density at radius 1 is 1.14 bits per heavy atom. The van der Waals surface area contributed by atoms with Crippen molar-refractivity contribution in [2.45, 2.75) is 52.1 Å². The van der Waals surface area contributed by atoms with Crippen LogP contribution in [0.15, 0.2) is 0 Å². The molecule has 6 heteroatoms. The molecule has 1 atom stereocenters. The Morgan fingerprint density at radius 2 is 1.95 bits per heavy atom. The molecule has 0 N–H and O–H groups in total. The summed E-state index contributed by atoms with van der Waals surface area (Å²) in [5.41, 5.74) is 0. The molecular formula is C16H27N5O. The second-order valence-corrected chi connectivity index (χ2v) is 6.85. The van der Waals surface area contributed by atoms with Crippen molar-refractivity contribution in [1.29, 1.82) is 0 Å². The van der Waals surface area contributed by atoms with Crippen LogP contribution in [0.2, 0.25) is 0 Å². The summed E-state index contributed by atoms with van der Waals surface area (Å²) in [6, 6.07) is 0.377. The first-order chi connectivity index (χ1) is 10.6. The van der Waals surface area contributed by atoms with E-state index in [-0.39, 0.29) is 11.8 Å². The molecular weight excluding hydrogens is 278 g/mol. The maximum atomic E-state index is 12.2. The van der Waals surface area contributed by atoms with Crippen molar-refractivity contribution in [3.8, 4) is 0 Å². The van der Waals surface area contributed by atoms with Crippen LogP contribution in [-0.2, 0) is 17.8 Å². The zero-order chi connectivity index (χ0) is 15.7. The lowest BCUT2D eigenvalue weighted by Crippen LogP contribution is -2.37. The van der Waals surface area contributed by atoms with Crippen LogP contribution in [-0.4, -0.2) is 57.2 Å². The molecule has 1 saturated heterocycles. The van der Waals surface area contributed by atoms with Crippen LogP contribution in [0.4, 0.5) is 0 Å². The third kappa shape index (κ3) is 2.89. The highest BCUT2D eigenvalue weighted by atomic mass is 16.2. The second-order valence-electron chi connectivity index (χ2n) is 6.85. The molecule has 1 aromatic rings. The Balaban J connectivity index is 1.78. The Hall–Kier alpha value is -1.43. The zero-order valence-electron chi connectivity index (χ0n) is 14.0. The van der Waals surface area contributed by atoms with Gasteiger partial charge < -0.3 is 9.47 Å². The van der Waals surface area contributed by atoms with Gasteiger partial charge in [0, 0.05) is 32.0 Å². The number of amides is 1. The first-order valence-electron chi connectivity index (χ1n) is 8.49. The van der Waals surface area contributed by atoms with Crippen molar-refractivity contribution < 1.29 is 4.79 Å². The number of likely N-dealkylation sites (tertiary alicyclic amines) is 1. The predicted octanol–water partition coefficient (Wildman–Crippen LogP) is 1.48. The molecule has 3 heterocycles. The number of rotatable bonds is 2. The van der Waals surface area contributed by atoms with E-state index in [4.69, 9.17) is 0 Å². The van der Waals surface area contributed by atoms with E-state index in [1.54, 1.807) is 0 Å². The van der Waals surface area contributed by atoms with Crippen molar-refractivity contribution >= 4 is 5.91 Å². The van der Waals surface area contributed by atoms with Crippen LogP contribution in [0.25, 0.3) is 0 Å². The lowest BCUT2D eigenvalue weighted by atomic mass is 10.0. The SMILES string of the molecule is CC(C)C(=O)N1CCc2nnc(C3CCCCN3C)n2CC1. The predicted molar refractivity (Wildman–Crippen MR) is 84.4 cm³/mol. The van der Waals surface area contributed by atoms with Crippen LogP contribution < -0.4 is 0 Å². The first-order valence-corrected chi connectivity index (χ1v) is 8.49. The third-order valence-corrected chi connectivity index (χ3v) is 4.93. The van der Waals surface area contributed by atoms with Crippen molar-refractivity contribution in [3.63, 3.8) is 0 Å². The number of piperidine rings is 1. The van der Waals surface area contributed by atoms with Gasteiger partial charge in [0.05, 0.1) is 6.04 Å². The quantitative estimate of drug-likeness (QED) is 0.830. The summed E-state index contributed by atoms with van der Waals surface area (Å²) in [4.78, 5) is 16.6. The highest BCUT2D eigenvalue weighted by Gasteiger charge is 2.29. The van der Waals surface area contributed by atoms with E-state index in [9.17, 15) is 4.79 Å². The summed E-state index contributed by atoms with van der Waals surface area (Å²) in [6.45, 7) is 7.41. The van der Waals surface area contributed by atoms with E-state index in [1.807, 2.05) is 18.7 Å². The zero-order valence-corrected chi connectivity index (χ0v) is 14.0. The van der Waals surface area contributed by atoms with E-state index < -0.39 is 0 Å². The van der Waals surface area contributed by atoms with Gasteiger partial charge in [0.25, 0.3) is 0 Å². The highest BCUT2D eigenvalue weighted by molar-refractivity contribution is 5.78. The largest absolute Gasteiger partial charge is 0.340 e. The fourth-order valence-electron chi connectivity index (χ4n) is 3.58. The lowest BCUT2D eigenvalue weighted by molar-refractivity contribution is -0.134. The number of carbonyl (C=O) groups is 1. The molecule has 6 nitrogen and oxygen atoms in total. The standard InChI is InChI=1S/C16H27N5O/c1-12(2)16(22)20-9-7-14-17-18-15(21(14)11-10-20)13-6-4-5-8-19(13)3/h12-13H,4-11H2,1-3H3. The summed E-state index contributed by atoms with van der Waals surface area (Å²) in [5, 5.41) is 8.90. The summed E-state index contributed by atoms with van der Waals surface area (Å²) in [5.74, 6) is 2.44. The normalized spacial score (nSPS) is 23.5. The molecule has 0 spiro atoms. The van der Waals surface area contributed by atoms with Gasteiger partial charge in [0.2, 0.25) is 5.91 Å². The van der Waals surface area contributed by atoms with Gasteiger partial charge in [-0.2, -0.15) is 0 Å². The molecule has 2 aliphatic rings.